The Labute approximate surface area is 96.4 Å². The topological polar surface area (TPSA) is 92.4 Å². The first-order valence-corrected chi connectivity index (χ1v) is 5.70. The Balaban J connectivity index is 4.24. The Morgan fingerprint density at radius 1 is 1.31 bits per heavy atom. The lowest BCUT2D eigenvalue weighted by Gasteiger charge is -2.24. The van der Waals surface area contributed by atoms with Gasteiger partial charge in [0.05, 0.1) is 12.5 Å². The van der Waals surface area contributed by atoms with E-state index in [9.17, 15) is 9.59 Å². The van der Waals surface area contributed by atoms with Crippen molar-refractivity contribution in [1.29, 1.82) is 0 Å². The van der Waals surface area contributed by atoms with Crippen LogP contribution in [0.15, 0.2) is 0 Å². The predicted octanol–water partition coefficient (Wildman–Crippen LogP) is 0.729. The van der Waals surface area contributed by atoms with Gasteiger partial charge in [0.25, 0.3) is 0 Å². The van der Waals surface area contributed by atoms with Crippen LogP contribution in [0.25, 0.3) is 0 Å². The quantitative estimate of drug-likeness (QED) is 0.601. The molecular formula is C11H22N2O3. The van der Waals surface area contributed by atoms with E-state index < -0.39 is 12.0 Å². The fraction of sp³-hybridized carbons (Fsp3) is 0.818. The second kappa shape index (κ2) is 7.22. The summed E-state index contributed by atoms with van der Waals surface area (Å²) in [5, 5.41) is 11.3. The van der Waals surface area contributed by atoms with Gasteiger partial charge in [0.2, 0.25) is 5.91 Å². The van der Waals surface area contributed by atoms with Gasteiger partial charge in [-0.25, -0.2) is 0 Å². The molecule has 0 spiro atoms. The summed E-state index contributed by atoms with van der Waals surface area (Å²) >= 11 is 0. The van der Waals surface area contributed by atoms with E-state index >= 15 is 0 Å². The number of rotatable bonds is 7. The first-order chi connectivity index (χ1) is 7.42. The molecule has 0 rings (SSSR count). The molecule has 0 aromatic carbocycles. The number of amides is 1. The highest BCUT2D eigenvalue weighted by Gasteiger charge is 2.21. The van der Waals surface area contributed by atoms with Crippen molar-refractivity contribution < 1.29 is 14.7 Å². The van der Waals surface area contributed by atoms with Gasteiger partial charge in [0.15, 0.2) is 0 Å². The molecule has 0 bridgehead atoms. The molecule has 2 unspecified atom stereocenters. The molecule has 5 heteroatoms. The molecule has 0 aliphatic heterocycles. The zero-order valence-corrected chi connectivity index (χ0v) is 10.2. The minimum atomic E-state index is -1.06. The normalized spacial score (nSPS) is 16.2. The average molecular weight is 230 g/mol. The predicted molar refractivity (Wildman–Crippen MR) is 61.9 cm³/mol. The van der Waals surface area contributed by atoms with Crippen molar-refractivity contribution in [2.24, 2.45) is 11.7 Å². The number of carbonyl (C=O) groups is 2. The van der Waals surface area contributed by atoms with Crippen LogP contribution in [0.3, 0.4) is 0 Å². The summed E-state index contributed by atoms with van der Waals surface area (Å²) in [5.41, 5.74) is 5.47. The second-order valence-corrected chi connectivity index (χ2v) is 4.11. The third kappa shape index (κ3) is 5.11. The van der Waals surface area contributed by atoms with E-state index in [1.165, 1.54) is 0 Å². The SMILES string of the molecule is CCC(NC(=O)C(N)CC(=O)O)[C@H](C)CC. The first kappa shape index (κ1) is 14.9. The van der Waals surface area contributed by atoms with Crippen molar-refractivity contribution in [3.63, 3.8) is 0 Å². The fourth-order valence-electron chi connectivity index (χ4n) is 1.50. The van der Waals surface area contributed by atoms with Gasteiger partial charge >= 0.3 is 5.97 Å². The van der Waals surface area contributed by atoms with Crippen molar-refractivity contribution in [3.8, 4) is 0 Å². The van der Waals surface area contributed by atoms with Gasteiger partial charge in [-0.1, -0.05) is 27.2 Å². The molecule has 0 aromatic rings. The molecule has 0 fully saturated rings. The molecule has 0 aliphatic rings. The molecule has 16 heavy (non-hydrogen) atoms. The number of carboxylic acids is 1. The van der Waals surface area contributed by atoms with Crippen LogP contribution in [0.2, 0.25) is 0 Å². The number of hydrogen-bond acceptors (Lipinski definition) is 3. The molecule has 1 amide bonds. The Morgan fingerprint density at radius 2 is 1.88 bits per heavy atom. The van der Waals surface area contributed by atoms with Gasteiger partial charge in [-0.05, 0) is 12.3 Å². The highest BCUT2D eigenvalue weighted by atomic mass is 16.4. The van der Waals surface area contributed by atoms with E-state index in [1.54, 1.807) is 0 Å². The molecule has 0 radical (unpaired) electrons. The first-order valence-electron chi connectivity index (χ1n) is 5.70. The number of aliphatic carboxylic acids is 1. The minimum Gasteiger partial charge on any atom is -0.481 e. The number of hydrogen-bond donors (Lipinski definition) is 3. The lowest BCUT2D eigenvalue weighted by Crippen LogP contribution is -2.48. The van der Waals surface area contributed by atoms with E-state index in [0.29, 0.717) is 5.92 Å². The smallest absolute Gasteiger partial charge is 0.305 e. The van der Waals surface area contributed by atoms with Crippen molar-refractivity contribution in [2.75, 3.05) is 0 Å². The summed E-state index contributed by atoms with van der Waals surface area (Å²) < 4.78 is 0. The van der Waals surface area contributed by atoms with Crippen LogP contribution in [-0.4, -0.2) is 29.1 Å². The molecule has 0 aromatic heterocycles. The zero-order valence-electron chi connectivity index (χ0n) is 10.2. The molecule has 0 saturated carbocycles. The number of nitrogens with two attached hydrogens (primary N) is 1. The molecular weight excluding hydrogens is 208 g/mol. The van der Waals surface area contributed by atoms with Crippen LogP contribution < -0.4 is 11.1 Å². The lowest BCUT2D eigenvalue weighted by atomic mass is 9.96. The monoisotopic (exact) mass is 230 g/mol. The van der Waals surface area contributed by atoms with Gasteiger partial charge < -0.3 is 16.2 Å². The van der Waals surface area contributed by atoms with Crippen LogP contribution in [-0.2, 0) is 9.59 Å². The molecule has 4 N–H and O–H groups in total. The summed E-state index contributed by atoms with van der Waals surface area (Å²) in [6.07, 6.45) is 1.45. The summed E-state index contributed by atoms with van der Waals surface area (Å²) in [4.78, 5) is 22.0. The number of nitrogens with one attached hydrogen (secondary N) is 1. The third-order valence-electron chi connectivity index (χ3n) is 2.83. The molecule has 0 saturated heterocycles. The fourth-order valence-corrected chi connectivity index (χ4v) is 1.50. The molecule has 0 heterocycles. The summed E-state index contributed by atoms with van der Waals surface area (Å²) in [6.45, 7) is 6.09. The Kier molecular flexibility index (Phi) is 6.72. The number of carbonyl (C=O) groups excluding carboxylic acids is 1. The molecule has 3 atom stereocenters. The van der Waals surface area contributed by atoms with Gasteiger partial charge in [-0.3, -0.25) is 9.59 Å². The van der Waals surface area contributed by atoms with E-state index in [-0.39, 0.29) is 18.4 Å². The standard InChI is InChI=1S/C11H22N2O3/c1-4-7(3)9(5-2)13-11(16)8(12)6-10(14)15/h7-9H,4-6,12H2,1-3H3,(H,13,16)(H,14,15)/t7-,8?,9?/m1/s1. The maximum Gasteiger partial charge on any atom is 0.305 e. The van der Waals surface area contributed by atoms with Crippen LogP contribution in [0.5, 0.6) is 0 Å². The largest absolute Gasteiger partial charge is 0.481 e. The van der Waals surface area contributed by atoms with Crippen molar-refractivity contribution in [1.82, 2.24) is 5.32 Å². The van der Waals surface area contributed by atoms with Crippen LogP contribution in [0.4, 0.5) is 0 Å². The Hall–Kier alpha value is -1.10. The van der Waals surface area contributed by atoms with Crippen molar-refractivity contribution in [2.45, 2.75) is 52.1 Å². The zero-order chi connectivity index (χ0) is 12.7. The molecule has 94 valence electrons. The van der Waals surface area contributed by atoms with Gasteiger partial charge in [0.1, 0.15) is 0 Å². The summed E-state index contributed by atoms with van der Waals surface area (Å²) in [7, 11) is 0. The number of carboxylic acid groups (broad SMARTS) is 1. The lowest BCUT2D eigenvalue weighted by molar-refractivity contribution is -0.139. The Morgan fingerprint density at radius 3 is 2.25 bits per heavy atom. The highest BCUT2D eigenvalue weighted by Crippen LogP contribution is 2.10. The third-order valence-corrected chi connectivity index (χ3v) is 2.83. The van der Waals surface area contributed by atoms with E-state index in [4.69, 9.17) is 10.8 Å². The highest BCUT2D eigenvalue weighted by molar-refractivity contribution is 5.86. The van der Waals surface area contributed by atoms with E-state index in [1.807, 2.05) is 6.92 Å². The van der Waals surface area contributed by atoms with Crippen molar-refractivity contribution in [3.05, 3.63) is 0 Å². The second-order valence-electron chi connectivity index (χ2n) is 4.11. The van der Waals surface area contributed by atoms with E-state index in [0.717, 1.165) is 12.8 Å². The van der Waals surface area contributed by atoms with Crippen LogP contribution >= 0.6 is 0 Å². The van der Waals surface area contributed by atoms with Crippen molar-refractivity contribution >= 4 is 11.9 Å². The maximum absolute atomic E-state index is 11.6. The molecule has 5 nitrogen and oxygen atoms in total. The van der Waals surface area contributed by atoms with E-state index in [2.05, 4.69) is 19.2 Å². The van der Waals surface area contributed by atoms with Crippen LogP contribution in [0, 0.1) is 5.92 Å². The van der Waals surface area contributed by atoms with Crippen LogP contribution in [0.1, 0.15) is 40.0 Å². The maximum atomic E-state index is 11.6. The Bertz CT molecular complexity index is 243. The minimum absolute atomic E-state index is 0.0670. The summed E-state index contributed by atoms with van der Waals surface area (Å²) in [6, 6.07) is -0.895. The van der Waals surface area contributed by atoms with Gasteiger partial charge in [-0.15, -0.1) is 0 Å². The van der Waals surface area contributed by atoms with Gasteiger partial charge in [0, 0.05) is 6.04 Å². The molecule has 0 aliphatic carbocycles. The van der Waals surface area contributed by atoms with Gasteiger partial charge in [-0.2, -0.15) is 0 Å². The average Bonchev–Trinajstić information content (AvgIpc) is 2.23. The summed E-state index contributed by atoms with van der Waals surface area (Å²) in [5.74, 6) is -1.07.